The summed E-state index contributed by atoms with van der Waals surface area (Å²) in [7, 11) is 0. The van der Waals surface area contributed by atoms with Crippen molar-refractivity contribution in [3.8, 4) is 0 Å². The van der Waals surface area contributed by atoms with E-state index in [2.05, 4.69) is 11.8 Å². The molecule has 0 aliphatic rings. The molecule has 0 saturated heterocycles. The summed E-state index contributed by atoms with van der Waals surface area (Å²) >= 11 is 6.15. The molecule has 0 spiro atoms. The van der Waals surface area contributed by atoms with Crippen LogP contribution in [0.15, 0.2) is 24.3 Å². The van der Waals surface area contributed by atoms with Crippen molar-refractivity contribution in [1.82, 2.24) is 4.90 Å². The Balaban J connectivity index is 2.56. The number of aliphatic carboxylic acids is 1. The van der Waals surface area contributed by atoms with E-state index in [-0.39, 0.29) is 6.42 Å². The standard InChI is InChI=1S/C15H22ClNO2/c1-2-3-6-10-17(11-9-15(18)19)12-13-7-4-5-8-14(13)16/h4-5,7-8H,2-3,6,9-12H2,1H3,(H,18,19). The molecule has 19 heavy (non-hydrogen) atoms. The molecule has 1 N–H and O–H groups in total. The second-order valence-electron chi connectivity index (χ2n) is 4.72. The van der Waals surface area contributed by atoms with Gasteiger partial charge in [0.15, 0.2) is 0 Å². The highest BCUT2D eigenvalue weighted by molar-refractivity contribution is 6.31. The monoisotopic (exact) mass is 283 g/mol. The second-order valence-corrected chi connectivity index (χ2v) is 5.13. The quantitative estimate of drug-likeness (QED) is 0.701. The lowest BCUT2D eigenvalue weighted by Gasteiger charge is -2.22. The van der Waals surface area contributed by atoms with E-state index in [0.717, 1.165) is 30.1 Å². The zero-order chi connectivity index (χ0) is 14.1. The number of hydrogen-bond acceptors (Lipinski definition) is 2. The van der Waals surface area contributed by atoms with Gasteiger partial charge in [0.25, 0.3) is 0 Å². The first-order valence-corrected chi connectivity index (χ1v) is 7.18. The average Bonchev–Trinajstić information content (AvgIpc) is 2.38. The average molecular weight is 284 g/mol. The summed E-state index contributed by atoms with van der Waals surface area (Å²) in [6.45, 7) is 4.38. The zero-order valence-electron chi connectivity index (χ0n) is 11.4. The van der Waals surface area contributed by atoms with E-state index in [1.165, 1.54) is 12.8 Å². The van der Waals surface area contributed by atoms with Crippen LogP contribution in [0.25, 0.3) is 0 Å². The fraction of sp³-hybridized carbons (Fsp3) is 0.533. The van der Waals surface area contributed by atoms with Gasteiger partial charge in [0.1, 0.15) is 0 Å². The van der Waals surface area contributed by atoms with E-state index in [4.69, 9.17) is 16.7 Å². The highest BCUT2D eigenvalue weighted by atomic mass is 35.5. The van der Waals surface area contributed by atoms with E-state index in [9.17, 15) is 4.79 Å². The molecule has 4 heteroatoms. The summed E-state index contributed by atoms with van der Waals surface area (Å²) in [6.07, 6.45) is 3.61. The molecule has 0 aliphatic heterocycles. The number of nitrogens with zero attached hydrogens (tertiary/aromatic N) is 1. The molecule has 0 amide bonds. The minimum Gasteiger partial charge on any atom is -0.481 e. The summed E-state index contributed by atoms with van der Waals surface area (Å²) in [5, 5.41) is 9.55. The lowest BCUT2D eigenvalue weighted by atomic mass is 10.2. The van der Waals surface area contributed by atoms with E-state index in [0.29, 0.717) is 6.54 Å². The van der Waals surface area contributed by atoms with Gasteiger partial charge in [0.05, 0.1) is 6.42 Å². The summed E-state index contributed by atoms with van der Waals surface area (Å²) in [5.74, 6) is -0.750. The Labute approximate surface area is 120 Å². The Bertz CT molecular complexity index is 395. The topological polar surface area (TPSA) is 40.5 Å². The smallest absolute Gasteiger partial charge is 0.304 e. The van der Waals surface area contributed by atoms with E-state index in [1.807, 2.05) is 24.3 Å². The van der Waals surface area contributed by atoms with Crippen molar-refractivity contribution in [3.63, 3.8) is 0 Å². The second kappa shape index (κ2) is 8.94. The van der Waals surface area contributed by atoms with Gasteiger partial charge in [-0.1, -0.05) is 49.6 Å². The SMILES string of the molecule is CCCCCN(CCC(=O)O)Cc1ccccc1Cl. The van der Waals surface area contributed by atoms with Crippen LogP contribution < -0.4 is 0 Å². The molecule has 0 unspecified atom stereocenters. The lowest BCUT2D eigenvalue weighted by Crippen LogP contribution is -2.27. The fourth-order valence-electron chi connectivity index (χ4n) is 1.98. The molecule has 0 saturated carbocycles. The van der Waals surface area contributed by atoms with Gasteiger partial charge in [-0.15, -0.1) is 0 Å². The first-order chi connectivity index (χ1) is 9.13. The molecule has 0 fully saturated rings. The van der Waals surface area contributed by atoms with E-state index < -0.39 is 5.97 Å². The molecule has 1 aromatic rings. The van der Waals surface area contributed by atoms with Gasteiger partial charge < -0.3 is 5.11 Å². The van der Waals surface area contributed by atoms with Crippen LogP contribution in [-0.2, 0) is 11.3 Å². The predicted octanol–water partition coefficient (Wildman–Crippen LogP) is 3.81. The fourth-order valence-corrected chi connectivity index (χ4v) is 2.17. The van der Waals surface area contributed by atoms with Crippen molar-refractivity contribution in [2.75, 3.05) is 13.1 Å². The number of unbranched alkanes of at least 4 members (excludes halogenated alkanes) is 2. The maximum absolute atomic E-state index is 10.7. The predicted molar refractivity (Wildman–Crippen MR) is 78.5 cm³/mol. The van der Waals surface area contributed by atoms with Crippen molar-refractivity contribution < 1.29 is 9.90 Å². The molecule has 0 aliphatic carbocycles. The number of carbonyl (C=O) groups is 1. The van der Waals surface area contributed by atoms with Gasteiger partial charge >= 0.3 is 5.97 Å². The molecule has 3 nitrogen and oxygen atoms in total. The molecular weight excluding hydrogens is 262 g/mol. The number of benzene rings is 1. The van der Waals surface area contributed by atoms with Crippen LogP contribution in [0.4, 0.5) is 0 Å². The number of carboxylic acid groups (broad SMARTS) is 1. The van der Waals surface area contributed by atoms with Gasteiger partial charge in [-0.25, -0.2) is 0 Å². The first-order valence-electron chi connectivity index (χ1n) is 6.81. The molecule has 106 valence electrons. The Hall–Kier alpha value is -1.06. The van der Waals surface area contributed by atoms with Crippen LogP contribution in [0.5, 0.6) is 0 Å². The molecule has 1 rings (SSSR count). The Morgan fingerprint density at radius 3 is 2.63 bits per heavy atom. The lowest BCUT2D eigenvalue weighted by molar-refractivity contribution is -0.137. The Kier molecular flexibility index (Phi) is 7.53. The third kappa shape index (κ3) is 6.60. The summed E-state index contributed by atoms with van der Waals surface area (Å²) < 4.78 is 0. The first kappa shape index (κ1) is 16.0. The molecule has 1 aromatic carbocycles. The van der Waals surface area contributed by atoms with E-state index in [1.54, 1.807) is 0 Å². The van der Waals surface area contributed by atoms with Crippen LogP contribution in [0.1, 0.15) is 38.2 Å². The molecule has 0 radical (unpaired) electrons. The molecule has 0 atom stereocenters. The summed E-state index contributed by atoms with van der Waals surface area (Å²) in [5.41, 5.74) is 1.06. The van der Waals surface area contributed by atoms with Gasteiger partial charge in [-0.3, -0.25) is 9.69 Å². The van der Waals surface area contributed by atoms with Gasteiger partial charge in [-0.05, 0) is 24.6 Å². The van der Waals surface area contributed by atoms with Gasteiger partial charge in [0, 0.05) is 18.1 Å². The number of rotatable bonds is 9. The number of carboxylic acids is 1. The Morgan fingerprint density at radius 1 is 1.26 bits per heavy atom. The minimum absolute atomic E-state index is 0.177. The molecule has 0 bridgehead atoms. The van der Waals surface area contributed by atoms with Crippen molar-refractivity contribution in [2.24, 2.45) is 0 Å². The molecular formula is C15H22ClNO2. The molecule has 0 heterocycles. The van der Waals surface area contributed by atoms with Gasteiger partial charge in [0.2, 0.25) is 0 Å². The maximum Gasteiger partial charge on any atom is 0.304 e. The highest BCUT2D eigenvalue weighted by Gasteiger charge is 2.09. The van der Waals surface area contributed by atoms with Crippen LogP contribution in [0.3, 0.4) is 0 Å². The van der Waals surface area contributed by atoms with Crippen LogP contribution in [0.2, 0.25) is 5.02 Å². The minimum atomic E-state index is -0.750. The largest absolute Gasteiger partial charge is 0.481 e. The van der Waals surface area contributed by atoms with Crippen molar-refractivity contribution in [1.29, 1.82) is 0 Å². The van der Waals surface area contributed by atoms with Crippen LogP contribution in [0, 0.1) is 0 Å². The summed E-state index contributed by atoms with van der Waals surface area (Å²) in [6, 6.07) is 7.74. The normalized spacial score (nSPS) is 10.9. The zero-order valence-corrected chi connectivity index (χ0v) is 12.2. The number of halogens is 1. The number of hydrogen-bond donors (Lipinski definition) is 1. The van der Waals surface area contributed by atoms with Crippen molar-refractivity contribution in [3.05, 3.63) is 34.9 Å². The maximum atomic E-state index is 10.7. The van der Waals surface area contributed by atoms with E-state index >= 15 is 0 Å². The Morgan fingerprint density at radius 2 is 2.00 bits per heavy atom. The third-order valence-corrected chi connectivity index (χ3v) is 3.44. The van der Waals surface area contributed by atoms with Gasteiger partial charge in [-0.2, -0.15) is 0 Å². The van der Waals surface area contributed by atoms with Crippen LogP contribution >= 0.6 is 11.6 Å². The van der Waals surface area contributed by atoms with Crippen molar-refractivity contribution >= 4 is 17.6 Å². The highest BCUT2D eigenvalue weighted by Crippen LogP contribution is 2.17. The summed E-state index contributed by atoms with van der Waals surface area (Å²) in [4.78, 5) is 12.9. The molecule has 0 aromatic heterocycles. The van der Waals surface area contributed by atoms with Crippen LogP contribution in [-0.4, -0.2) is 29.1 Å². The third-order valence-electron chi connectivity index (χ3n) is 3.07. The van der Waals surface area contributed by atoms with Crippen molar-refractivity contribution in [2.45, 2.75) is 39.2 Å².